The Labute approximate surface area is 147 Å². The fourth-order valence-electron chi connectivity index (χ4n) is 3.21. The van der Waals surface area contributed by atoms with Crippen LogP contribution in [0.4, 0.5) is 4.39 Å². The van der Waals surface area contributed by atoms with Gasteiger partial charge in [0.15, 0.2) is 11.6 Å². The maximum absolute atomic E-state index is 14.1. The molecule has 9 heteroatoms. The first-order chi connectivity index (χ1) is 11.7. The van der Waals surface area contributed by atoms with Gasteiger partial charge in [-0.05, 0) is 36.5 Å². The molecule has 1 fully saturated rings. The maximum atomic E-state index is 14.1. The molecule has 1 saturated heterocycles. The van der Waals surface area contributed by atoms with E-state index in [9.17, 15) is 17.6 Å². The number of ether oxygens (including phenoxy) is 1. The Bertz CT molecular complexity index is 754. The second-order valence-corrected chi connectivity index (χ2v) is 7.97. The molecule has 7 nitrogen and oxygen atoms in total. The molecule has 0 bridgehead atoms. The van der Waals surface area contributed by atoms with Crippen LogP contribution in [-0.4, -0.2) is 45.5 Å². The number of hydrogen-bond donors (Lipinski definition) is 2. The summed E-state index contributed by atoms with van der Waals surface area (Å²) in [6.45, 7) is 3.06. The third-order valence-electron chi connectivity index (χ3n) is 4.51. The van der Waals surface area contributed by atoms with E-state index in [-0.39, 0.29) is 23.9 Å². The number of primary sulfonamides is 1. The van der Waals surface area contributed by atoms with Gasteiger partial charge in [0.1, 0.15) is 4.90 Å². The van der Waals surface area contributed by atoms with Crippen molar-refractivity contribution in [1.82, 2.24) is 4.90 Å². The number of benzene rings is 1. The number of nitrogens with zero attached hydrogens (tertiary/aromatic N) is 1. The highest BCUT2D eigenvalue weighted by Gasteiger charge is 2.29. The highest BCUT2D eigenvalue weighted by Crippen LogP contribution is 2.29. The van der Waals surface area contributed by atoms with Gasteiger partial charge >= 0.3 is 0 Å². The zero-order valence-electron chi connectivity index (χ0n) is 14.4. The van der Waals surface area contributed by atoms with E-state index < -0.39 is 26.5 Å². The summed E-state index contributed by atoms with van der Waals surface area (Å²) in [5.41, 5.74) is 5.99. The molecule has 0 aromatic heterocycles. The zero-order chi connectivity index (χ0) is 18.8. The van der Waals surface area contributed by atoms with Crippen LogP contribution in [0.2, 0.25) is 0 Å². The van der Waals surface area contributed by atoms with Gasteiger partial charge in [0.2, 0.25) is 15.9 Å². The van der Waals surface area contributed by atoms with E-state index in [0.717, 1.165) is 26.0 Å². The number of halogens is 1. The average Bonchev–Trinajstić information content (AvgIpc) is 2.53. The number of rotatable bonds is 5. The fourth-order valence-corrected chi connectivity index (χ4v) is 3.97. The van der Waals surface area contributed by atoms with E-state index >= 15 is 0 Å². The summed E-state index contributed by atoms with van der Waals surface area (Å²) in [6, 6.07) is 2.21. The van der Waals surface area contributed by atoms with Crippen LogP contribution < -0.4 is 15.6 Å². The van der Waals surface area contributed by atoms with Gasteiger partial charge in [-0.2, -0.15) is 0 Å². The lowest BCUT2D eigenvalue weighted by atomic mass is 9.92. The topological polar surface area (TPSA) is 116 Å². The molecule has 1 amide bonds. The minimum absolute atomic E-state index is 0.0583. The van der Waals surface area contributed by atoms with Crippen LogP contribution in [0.25, 0.3) is 0 Å². The summed E-state index contributed by atoms with van der Waals surface area (Å²) in [6.07, 6.45) is 1.57. The highest BCUT2D eigenvalue weighted by molar-refractivity contribution is 7.89. The van der Waals surface area contributed by atoms with Crippen molar-refractivity contribution in [3.05, 3.63) is 23.5 Å². The first-order valence-corrected chi connectivity index (χ1v) is 9.60. The summed E-state index contributed by atoms with van der Waals surface area (Å²) in [5, 5.41) is 5.12. The summed E-state index contributed by atoms with van der Waals surface area (Å²) in [7, 11) is -3.03. The first-order valence-electron chi connectivity index (χ1n) is 8.06. The quantitative estimate of drug-likeness (QED) is 0.784. The van der Waals surface area contributed by atoms with Crippen LogP contribution >= 0.6 is 0 Å². The number of methoxy groups -OCH3 is 1. The van der Waals surface area contributed by atoms with Crippen LogP contribution in [0.5, 0.6) is 5.75 Å². The number of nitrogens with two attached hydrogens (primary N) is 2. The van der Waals surface area contributed by atoms with E-state index in [4.69, 9.17) is 15.6 Å². The van der Waals surface area contributed by atoms with Crippen molar-refractivity contribution < 1.29 is 22.3 Å². The summed E-state index contributed by atoms with van der Waals surface area (Å²) in [4.78, 5) is 13.8. The van der Waals surface area contributed by atoms with Gasteiger partial charge in [0, 0.05) is 19.1 Å². The van der Waals surface area contributed by atoms with Crippen LogP contribution in [0.3, 0.4) is 0 Å². The van der Waals surface area contributed by atoms with Gasteiger partial charge in [-0.25, -0.2) is 17.9 Å². The predicted octanol–water partition coefficient (Wildman–Crippen LogP) is 0.610. The van der Waals surface area contributed by atoms with Crippen molar-refractivity contribution in [2.75, 3.05) is 20.2 Å². The molecule has 2 rings (SSSR count). The van der Waals surface area contributed by atoms with E-state index in [2.05, 4.69) is 6.92 Å². The molecule has 1 aromatic carbocycles. The lowest BCUT2D eigenvalue weighted by Gasteiger charge is -2.38. The molecule has 1 aromatic rings. The number of carbonyl (C=O) groups is 1. The van der Waals surface area contributed by atoms with E-state index in [1.165, 1.54) is 6.07 Å². The zero-order valence-corrected chi connectivity index (χ0v) is 15.2. The van der Waals surface area contributed by atoms with Gasteiger partial charge in [-0.15, -0.1) is 0 Å². The molecule has 0 radical (unpaired) electrons. The predicted molar refractivity (Wildman–Crippen MR) is 91.0 cm³/mol. The van der Waals surface area contributed by atoms with Crippen molar-refractivity contribution in [3.63, 3.8) is 0 Å². The SMILES string of the molecule is COc1c(F)cc(CC(=O)N2CCC(C)CC2CN)cc1S(N)(=O)=O. The molecule has 1 aliphatic heterocycles. The molecule has 140 valence electrons. The minimum Gasteiger partial charge on any atom is -0.492 e. The highest BCUT2D eigenvalue weighted by atomic mass is 32.2. The number of amides is 1. The van der Waals surface area contributed by atoms with Gasteiger partial charge in [-0.1, -0.05) is 6.92 Å². The third kappa shape index (κ3) is 4.47. The van der Waals surface area contributed by atoms with Crippen molar-refractivity contribution in [3.8, 4) is 5.75 Å². The third-order valence-corrected chi connectivity index (χ3v) is 5.42. The largest absolute Gasteiger partial charge is 0.492 e. The Balaban J connectivity index is 2.28. The molecule has 4 N–H and O–H groups in total. The number of piperidine rings is 1. The lowest BCUT2D eigenvalue weighted by Crippen LogP contribution is -2.49. The fraction of sp³-hybridized carbons (Fsp3) is 0.562. The normalized spacial score (nSPS) is 21.2. The van der Waals surface area contributed by atoms with Crippen molar-refractivity contribution in [2.45, 2.75) is 37.1 Å². The molecule has 1 aliphatic rings. The van der Waals surface area contributed by atoms with Crippen molar-refractivity contribution in [2.24, 2.45) is 16.8 Å². The maximum Gasteiger partial charge on any atom is 0.241 e. The standard InChI is InChI=1S/C16H24FN3O4S/c1-10-3-4-20(12(5-10)9-18)15(21)8-11-6-13(17)16(24-2)14(7-11)25(19,22)23/h6-7,10,12H,3-5,8-9,18H2,1-2H3,(H2,19,22,23). The Morgan fingerprint density at radius 1 is 1.44 bits per heavy atom. The number of carbonyl (C=O) groups excluding carboxylic acids is 1. The summed E-state index contributed by atoms with van der Waals surface area (Å²) < 4.78 is 42.2. The Morgan fingerprint density at radius 3 is 2.68 bits per heavy atom. The van der Waals surface area contributed by atoms with Crippen molar-refractivity contribution in [1.29, 1.82) is 0 Å². The molecular weight excluding hydrogens is 349 g/mol. The molecule has 25 heavy (non-hydrogen) atoms. The molecule has 0 spiro atoms. The Kier molecular flexibility index (Phi) is 6.02. The molecule has 2 unspecified atom stereocenters. The van der Waals surface area contributed by atoms with Gasteiger partial charge in [-0.3, -0.25) is 4.79 Å². The molecule has 0 saturated carbocycles. The van der Waals surface area contributed by atoms with Crippen LogP contribution in [0.1, 0.15) is 25.3 Å². The van der Waals surface area contributed by atoms with E-state index in [1.54, 1.807) is 4.90 Å². The second kappa shape index (κ2) is 7.67. The van der Waals surface area contributed by atoms with Crippen LogP contribution in [0.15, 0.2) is 17.0 Å². The second-order valence-electron chi connectivity index (χ2n) is 6.44. The number of hydrogen-bond acceptors (Lipinski definition) is 5. The average molecular weight is 373 g/mol. The summed E-state index contributed by atoms with van der Waals surface area (Å²) in [5.74, 6) is -1.05. The Hall–Kier alpha value is -1.71. The molecule has 0 aliphatic carbocycles. The van der Waals surface area contributed by atoms with E-state index in [1.807, 2.05) is 0 Å². The Morgan fingerprint density at radius 2 is 2.12 bits per heavy atom. The van der Waals surface area contributed by atoms with Gasteiger partial charge in [0.25, 0.3) is 0 Å². The van der Waals surface area contributed by atoms with Gasteiger partial charge < -0.3 is 15.4 Å². The first kappa shape index (κ1) is 19.6. The number of likely N-dealkylation sites (tertiary alicyclic amines) is 1. The van der Waals surface area contributed by atoms with E-state index in [0.29, 0.717) is 19.0 Å². The smallest absolute Gasteiger partial charge is 0.241 e. The van der Waals surface area contributed by atoms with Crippen molar-refractivity contribution >= 4 is 15.9 Å². The lowest BCUT2D eigenvalue weighted by molar-refractivity contribution is -0.134. The molecule has 2 atom stereocenters. The van der Waals surface area contributed by atoms with Gasteiger partial charge in [0.05, 0.1) is 13.5 Å². The number of sulfonamides is 1. The van der Waals surface area contributed by atoms with Crippen LogP contribution in [-0.2, 0) is 21.2 Å². The van der Waals surface area contributed by atoms with Crippen LogP contribution in [0, 0.1) is 11.7 Å². The minimum atomic E-state index is -4.18. The summed E-state index contributed by atoms with van der Waals surface area (Å²) >= 11 is 0. The molecule has 1 heterocycles. The monoisotopic (exact) mass is 373 g/mol. The molecular formula is C16H24FN3O4S.